The number of hydrogen-bond acceptors (Lipinski definition) is 4. The number of carbonyl (C=O) groups is 2. The maximum atomic E-state index is 12.3. The quantitative estimate of drug-likeness (QED) is 0.797. The van der Waals surface area contributed by atoms with Gasteiger partial charge in [0.05, 0.1) is 5.25 Å². The van der Waals surface area contributed by atoms with E-state index in [1.807, 2.05) is 11.8 Å². The molecule has 0 aromatic rings. The summed E-state index contributed by atoms with van der Waals surface area (Å²) in [6.45, 7) is 7.01. The number of aliphatic carboxylic acids is 1. The van der Waals surface area contributed by atoms with Gasteiger partial charge in [-0.1, -0.05) is 0 Å². The number of carboxylic acid groups (broad SMARTS) is 1. The molecule has 5 nitrogen and oxygen atoms in total. The Kier molecular flexibility index (Phi) is 5.67. The van der Waals surface area contributed by atoms with E-state index < -0.39 is 16.8 Å². The second kappa shape index (κ2) is 6.61. The van der Waals surface area contributed by atoms with E-state index in [2.05, 4.69) is 0 Å². The zero-order valence-corrected chi connectivity index (χ0v) is 12.7. The SMILES string of the molecule is CC(SC(C)(C)[C@@H](N)C(=O)O)C(=O)N1CCCCC1. The highest BCUT2D eigenvalue weighted by molar-refractivity contribution is 8.02. The Morgan fingerprint density at radius 2 is 1.79 bits per heavy atom. The Morgan fingerprint density at radius 1 is 1.26 bits per heavy atom. The van der Waals surface area contributed by atoms with E-state index in [0.29, 0.717) is 0 Å². The van der Waals surface area contributed by atoms with E-state index in [-0.39, 0.29) is 11.2 Å². The minimum absolute atomic E-state index is 0.0929. The molecule has 1 aliphatic heterocycles. The molecule has 110 valence electrons. The number of nitrogens with zero attached hydrogens (tertiary/aromatic N) is 1. The van der Waals surface area contributed by atoms with E-state index in [1.54, 1.807) is 13.8 Å². The van der Waals surface area contributed by atoms with Crippen LogP contribution in [0, 0.1) is 0 Å². The lowest BCUT2D eigenvalue weighted by molar-refractivity contribution is -0.139. The van der Waals surface area contributed by atoms with Crippen molar-refractivity contribution in [3.05, 3.63) is 0 Å². The largest absolute Gasteiger partial charge is 0.480 e. The van der Waals surface area contributed by atoms with Crippen molar-refractivity contribution in [3.8, 4) is 0 Å². The van der Waals surface area contributed by atoms with Crippen molar-refractivity contribution < 1.29 is 14.7 Å². The number of rotatable bonds is 5. The first-order valence-electron chi connectivity index (χ1n) is 6.70. The van der Waals surface area contributed by atoms with Gasteiger partial charge in [0.25, 0.3) is 0 Å². The second-order valence-electron chi connectivity index (χ2n) is 5.57. The minimum atomic E-state index is -1.03. The van der Waals surface area contributed by atoms with Gasteiger partial charge in [0, 0.05) is 17.8 Å². The smallest absolute Gasteiger partial charge is 0.321 e. The lowest BCUT2D eigenvalue weighted by atomic mass is 10.1. The Bertz CT molecular complexity index is 341. The van der Waals surface area contributed by atoms with Crippen LogP contribution in [0.5, 0.6) is 0 Å². The molecular formula is C13H24N2O3S. The fourth-order valence-electron chi connectivity index (χ4n) is 2.25. The highest BCUT2D eigenvalue weighted by Gasteiger charge is 2.36. The van der Waals surface area contributed by atoms with E-state index >= 15 is 0 Å². The normalized spacial score (nSPS) is 19.9. The predicted molar refractivity (Wildman–Crippen MR) is 77.2 cm³/mol. The van der Waals surface area contributed by atoms with Crippen LogP contribution in [0.15, 0.2) is 0 Å². The summed E-state index contributed by atoms with van der Waals surface area (Å²) in [7, 11) is 0. The predicted octanol–water partition coefficient (Wildman–Crippen LogP) is 1.31. The van der Waals surface area contributed by atoms with Gasteiger partial charge >= 0.3 is 5.97 Å². The molecule has 19 heavy (non-hydrogen) atoms. The summed E-state index contributed by atoms with van der Waals surface area (Å²) in [5, 5.41) is 8.72. The molecule has 0 aromatic carbocycles. The van der Waals surface area contributed by atoms with Gasteiger partial charge in [-0.2, -0.15) is 0 Å². The van der Waals surface area contributed by atoms with Crippen LogP contribution >= 0.6 is 11.8 Å². The average molecular weight is 288 g/mol. The van der Waals surface area contributed by atoms with E-state index in [0.717, 1.165) is 25.9 Å². The standard InChI is InChI=1S/C13H24N2O3S/c1-9(11(16)15-7-5-4-6-8-15)19-13(2,3)10(14)12(17)18/h9-10H,4-8,14H2,1-3H3,(H,17,18)/t9?,10-/m0/s1. The monoisotopic (exact) mass is 288 g/mol. The Labute approximate surface area is 118 Å². The van der Waals surface area contributed by atoms with Gasteiger partial charge in [-0.05, 0) is 40.0 Å². The number of carboxylic acids is 1. The molecule has 1 rings (SSSR count). The number of amides is 1. The molecule has 0 saturated carbocycles. The maximum absolute atomic E-state index is 12.3. The lowest BCUT2D eigenvalue weighted by Crippen LogP contribution is -2.49. The third-order valence-electron chi connectivity index (χ3n) is 3.51. The van der Waals surface area contributed by atoms with Crippen LogP contribution in [0.2, 0.25) is 0 Å². The van der Waals surface area contributed by atoms with Crippen molar-refractivity contribution in [1.82, 2.24) is 4.90 Å². The maximum Gasteiger partial charge on any atom is 0.321 e. The van der Waals surface area contributed by atoms with Crippen molar-refractivity contribution in [2.45, 2.75) is 56.1 Å². The van der Waals surface area contributed by atoms with Gasteiger partial charge in [0.1, 0.15) is 6.04 Å². The molecule has 3 N–H and O–H groups in total. The van der Waals surface area contributed by atoms with Crippen molar-refractivity contribution in [3.63, 3.8) is 0 Å². The van der Waals surface area contributed by atoms with E-state index in [1.165, 1.54) is 18.2 Å². The molecule has 1 unspecified atom stereocenters. The summed E-state index contributed by atoms with van der Waals surface area (Å²) >= 11 is 1.34. The summed E-state index contributed by atoms with van der Waals surface area (Å²) in [6, 6.07) is -0.978. The molecule has 1 saturated heterocycles. The highest BCUT2D eigenvalue weighted by atomic mass is 32.2. The molecule has 1 amide bonds. The number of hydrogen-bond donors (Lipinski definition) is 2. The molecule has 0 aliphatic carbocycles. The number of likely N-dealkylation sites (tertiary alicyclic amines) is 1. The zero-order valence-electron chi connectivity index (χ0n) is 11.9. The average Bonchev–Trinajstić information content (AvgIpc) is 2.37. The highest BCUT2D eigenvalue weighted by Crippen LogP contribution is 2.32. The van der Waals surface area contributed by atoms with Crippen LogP contribution in [0.4, 0.5) is 0 Å². The number of piperidine rings is 1. The first kappa shape index (κ1) is 16.3. The van der Waals surface area contributed by atoms with Crippen LogP contribution in [0.25, 0.3) is 0 Å². The fourth-order valence-corrected chi connectivity index (χ4v) is 3.66. The fraction of sp³-hybridized carbons (Fsp3) is 0.846. The molecule has 1 heterocycles. The van der Waals surface area contributed by atoms with Crippen LogP contribution < -0.4 is 5.73 Å². The molecular weight excluding hydrogens is 264 g/mol. The third-order valence-corrected chi connectivity index (χ3v) is 4.93. The Balaban J connectivity index is 2.59. The lowest BCUT2D eigenvalue weighted by Gasteiger charge is -2.34. The summed E-state index contributed by atoms with van der Waals surface area (Å²) < 4.78 is -0.670. The van der Waals surface area contributed by atoms with Gasteiger partial charge in [-0.15, -0.1) is 11.8 Å². The van der Waals surface area contributed by atoms with Crippen LogP contribution in [0.1, 0.15) is 40.0 Å². The Hall–Kier alpha value is -0.750. The van der Waals surface area contributed by atoms with E-state index in [9.17, 15) is 9.59 Å². The molecule has 1 aliphatic rings. The Morgan fingerprint density at radius 3 is 2.26 bits per heavy atom. The van der Waals surface area contributed by atoms with Crippen molar-refractivity contribution in [1.29, 1.82) is 0 Å². The number of carbonyl (C=O) groups excluding carboxylic acids is 1. The van der Waals surface area contributed by atoms with Crippen molar-refractivity contribution >= 4 is 23.6 Å². The first-order chi connectivity index (χ1) is 8.75. The number of nitrogens with two attached hydrogens (primary N) is 1. The molecule has 0 bridgehead atoms. The second-order valence-corrected chi connectivity index (χ2v) is 7.56. The molecule has 2 atom stereocenters. The summed E-state index contributed by atoms with van der Waals surface area (Å²) in [5.41, 5.74) is 5.68. The zero-order chi connectivity index (χ0) is 14.6. The molecule has 6 heteroatoms. The van der Waals surface area contributed by atoms with Gasteiger partial charge in [-0.3, -0.25) is 9.59 Å². The van der Waals surface area contributed by atoms with E-state index in [4.69, 9.17) is 10.8 Å². The number of thioether (sulfide) groups is 1. The topological polar surface area (TPSA) is 83.6 Å². The molecule has 0 radical (unpaired) electrons. The van der Waals surface area contributed by atoms with Gasteiger partial charge in [-0.25, -0.2) is 0 Å². The van der Waals surface area contributed by atoms with Gasteiger partial charge in [0.15, 0.2) is 0 Å². The van der Waals surface area contributed by atoms with Crippen LogP contribution in [0.3, 0.4) is 0 Å². The first-order valence-corrected chi connectivity index (χ1v) is 7.58. The van der Waals surface area contributed by atoms with Crippen molar-refractivity contribution in [2.24, 2.45) is 5.73 Å². The summed E-state index contributed by atoms with van der Waals surface area (Å²) in [4.78, 5) is 25.1. The van der Waals surface area contributed by atoms with Gasteiger partial charge in [0.2, 0.25) is 5.91 Å². The summed E-state index contributed by atoms with van der Waals surface area (Å²) in [5.74, 6) is -0.939. The molecule has 1 fully saturated rings. The van der Waals surface area contributed by atoms with Gasteiger partial charge < -0.3 is 15.7 Å². The summed E-state index contributed by atoms with van der Waals surface area (Å²) in [6.07, 6.45) is 3.29. The third kappa shape index (κ3) is 4.38. The van der Waals surface area contributed by atoms with Crippen LogP contribution in [-0.4, -0.2) is 51.0 Å². The van der Waals surface area contributed by atoms with Crippen LogP contribution in [-0.2, 0) is 9.59 Å². The van der Waals surface area contributed by atoms with Crippen molar-refractivity contribution in [2.75, 3.05) is 13.1 Å². The minimum Gasteiger partial charge on any atom is -0.480 e. The molecule has 0 aromatic heterocycles. The molecule has 0 spiro atoms.